The molecule has 0 saturated carbocycles. The lowest BCUT2D eigenvalue weighted by molar-refractivity contribution is 0.530. The lowest BCUT2D eigenvalue weighted by Crippen LogP contribution is -1.95. The molecule has 0 saturated heterocycles. The van der Waals surface area contributed by atoms with Gasteiger partial charge in [-0.25, -0.2) is 0 Å². The highest BCUT2D eigenvalue weighted by atomic mass is 79.9. The molecule has 90 valence electrons. The third kappa shape index (κ3) is 2.69. The van der Waals surface area contributed by atoms with Gasteiger partial charge in [-0.3, -0.25) is 0 Å². The van der Waals surface area contributed by atoms with Gasteiger partial charge in [-0.15, -0.1) is 0 Å². The fourth-order valence-corrected chi connectivity index (χ4v) is 3.89. The number of alkyl halides is 1. The summed E-state index contributed by atoms with van der Waals surface area (Å²) in [6, 6.07) is 6.24. The van der Waals surface area contributed by atoms with Crippen LogP contribution < -0.4 is 0 Å². The van der Waals surface area contributed by atoms with Crippen LogP contribution in [0.25, 0.3) is 0 Å². The van der Waals surface area contributed by atoms with Crippen LogP contribution in [-0.4, -0.2) is 0 Å². The van der Waals surface area contributed by atoms with E-state index in [1.807, 2.05) is 13.0 Å². The standard InChI is InChI=1S/C13H11Br3O/c1-7-5-12(15)10(6-11(7)14)13(16)9-3-4-17-8(9)2/h3-6,13H,1-2H3. The number of furan rings is 1. The minimum Gasteiger partial charge on any atom is -0.469 e. The second kappa shape index (κ2) is 5.29. The Balaban J connectivity index is 2.48. The second-order valence-corrected chi connectivity index (χ2v) is 6.54. The van der Waals surface area contributed by atoms with Crippen LogP contribution >= 0.6 is 47.8 Å². The molecular formula is C13H11Br3O. The summed E-state index contributed by atoms with van der Waals surface area (Å²) in [6.45, 7) is 4.05. The molecule has 0 aliphatic carbocycles. The predicted octanol–water partition coefficient (Wildman–Crippen LogP) is 5.91. The fourth-order valence-electron chi connectivity index (χ4n) is 1.68. The van der Waals surface area contributed by atoms with Gasteiger partial charge in [0, 0.05) is 14.5 Å². The van der Waals surface area contributed by atoms with E-state index in [4.69, 9.17) is 4.42 Å². The van der Waals surface area contributed by atoms with Crippen molar-refractivity contribution in [2.24, 2.45) is 0 Å². The molecule has 0 fully saturated rings. The van der Waals surface area contributed by atoms with Gasteiger partial charge in [0.25, 0.3) is 0 Å². The molecule has 0 amide bonds. The number of aryl methyl sites for hydroxylation is 2. The highest BCUT2D eigenvalue weighted by Crippen LogP contribution is 2.39. The molecule has 17 heavy (non-hydrogen) atoms. The SMILES string of the molecule is Cc1cc(Br)c(C(Br)c2ccoc2C)cc1Br. The highest BCUT2D eigenvalue weighted by molar-refractivity contribution is 9.11. The first-order valence-corrected chi connectivity index (χ1v) is 7.64. The Bertz CT molecular complexity index is 546. The van der Waals surface area contributed by atoms with Crippen molar-refractivity contribution in [3.8, 4) is 0 Å². The summed E-state index contributed by atoms with van der Waals surface area (Å²) < 4.78 is 7.55. The minimum atomic E-state index is 0.132. The second-order valence-electron chi connectivity index (χ2n) is 3.92. The zero-order chi connectivity index (χ0) is 12.6. The van der Waals surface area contributed by atoms with Crippen molar-refractivity contribution in [2.45, 2.75) is 18.7 Å². The van der Waals surface area contributed by atoms with Crippen molar-refractivity contribution in [2.75, 3.05) is 0 Å². The molecule has 1 heterocycles. The van der Waals surface area contributed by atoms with Gasteiger partial charge in [-0.1, -0.05) is 47.8 Å². The maximum Gasteiger partial charge on any atom is 0.105 e. The molecule has 1 unspecified atom stereocenters. The summed E-state index contributed by atoms with van der Waals surface area (Å²) in [7, 11) is 0. The maximum absolute atomic E-state index is 5.34. The lowest BCUT2D eigenvalue weighted by Gasteiger charge is -2.13. The molecule has 0 aliphatic rings. The Labute approximate surface area is 126 Å². The molecule has 1 aromatic carbocycles. The molecule has 2 aromatic rings. The van der Waals surface area contributed by atoms with Crippen molar-refractivity contribution < 1.29 is 4.42 Å². The first-order valence-electron chi connectivity index (χ1n) is 5.14. The van der Waals surface area contributed by atoms with Crippen LogP contribution in [0.4, 0.5) is 0 Å². The fraction of sp³-hybridized carbons (Fsp3) is 0.231. The summed E-state index contributed by atoms with van der Waals surface area (Å²) >= 11 is 10.9. The van der Waals surface area contributed by atoms with Gasteiger partial charge < -0.3 is 4.42 Å². The molecule has 0 spiro atoms. The van der Waals surface area contributed by atoms with Crippen LogP contribution in [-0.2, 0) is 0 Å². The monoisotopic (exact) mass is 420 g/mol. The van der Waals surface area contributed by atoms with Gasteiger partial charge in [-0.05, 0) is 43.2 Å². The summed E-state index contributed by atoms with van der Waals surface area (Å²) in [5, 5.41) is 0. The quantitative estimate of drug-likeness (QED) is 0.548. The molecule has 4 heteroatoms. The molecule has 1 aromatic heterocycles. The molecule has 0 N–H and O–H groups in total. The zero-order valence-electron chi connectivity index (χ0n) is 9.43. The van der Waals surface area contributed by atoms with E-state index in [9.17, 15) is 0 Å². The van der Waals surface area contributed by atoms with Gasteiger partial charge in [0.2, 0.25) is 0 Å². The third-order valence-corrected chi connectivity index (χ3v) is 5.25. The average molecular weight is 423 g/mol. The summed E-state index contributed by atoms with van der Waals surface area (Å²) in [4.78, 5) is 0.132. The van der Waals surface area contributed by atoms with Gasteiger partial charge >= 0.3 is 0 Å². The molecule has 2 rings (SSSR count). The average Bonchev–Trinajstić information content (AvgIpc) is 2.69. The van der Waals surface area contributed by atoms with Crippen LogP contribution in [0.1, 0.15) is 27.3 Å². The van der Waals surface area contributed by atoms with E-state index >= 15 is 0 Å². The largest absolute Gasteiger partial charge is 0.469 e. The molecule has 0 aliphatic heterocycles. The summed E-state index contributed by atoms with van der Waals surface area (Å²) in [5.74, 6) is 0.940. The van der Waals surface area contributed by atoms with Crippen LogP contribution in [0.15, 0.2) is 37.8 Å². The van der Waals surface area contributed by atoms with Gasteiger partial charge in [0.05, 0.1) is 11.1 Å². The first kappa shape index (κ1) is 13.4. The topological polar surface area (TPSA) is 13.1 Å². The minimum absolute atomic E-state index is 0.132. The Morgan fingerprint density at radius 1 is 1.06 bits per heavy atom. The van der Waals surface area contributed by atoms with Crippen molar-refractivity contribution >= 4 is 47.8 Å². The van der Waals surface area contributed by atoms with Gasteiger partial charge in [0.1, 0.15) is 5.76 Å². The van der Waals surface area contributed by atoms with Crippen molar-refractivity contribution in [1.29, 1.82) is 0 Å². The highest BCUT2D eigenvalue weighted by Gasteiger charge is 2.18. The molecule has 1 nitrogen and oxygen atoms in total. The van der Waals surface area contributed by atoms with E-state index in [1.165, 1.54) is 11.1 Å². The molecule has 0 bridgehead atoms. The number of halogens is 3. The van der Waals surface area contributed by atoms with Crippen molar-refractivity contribution in [3.05, 3.63) is 55.9 Å². The third-order valence-electron chi connectivity index (χ3n) is 2.72. The smallest absolute Gasteiger partial charge is 0.105 e. The van der Waals surface area contributed by atoms with Crippen molar-refractivity contribution in [1.82, 2.24) is 0 Å². The van der Waals surface area contributed by atoms with E-state index < -0.39 is 0 Å². The Hall–Kier alpha value is -0.0600. The number of hydrogen-bond donors (Lipinski definition) is 0. The van der Waals surface area contributed by atoms with Crippen LogP contribution in [0.3, 0.4) is 0 Å². The van der Waals surface area contributed by atoms with Gasteiger partial charge in [-0.2, -0.15) is 0 Å². The van der Waals surface area contributed by atoms with Crippen LogP contribution in [0.5, 0.6) is 0 Å². The van der Waals surface area contributed by atoms with E-state index in [1.54, 1.807) is 6.26 Å². The van der Waals surface area contributed by atoms with E-state index in [-0.39, 0.29) is 4.83 Å². The first-order chi connectivity index (χ1) is 8.00. The maximum atomic E-state index is 5.34. The predicted molar refractivity (Wildman–Crippen MR) is 80.8 cm³/mol. The van der Waals surface area contributed by atoms with E-state index in [0.717, 1.165) is 20.3 Å². The van der Waals surface area contributed by atoms with Crippen LogP contribution in [0, 0.1) is 13.8 Å². The van der Waals surface area contributed by atoms with E-state index in [2.05, 4.69) is 66.8 Å². The lowest BCUT2D eigenvalue weighted by atomic mass is 10.0. The Morgan fingerprint density at radius 3 is 2.35 bits per heavy atom. The molecular weight excluding hydrogens is 412 g/mol. The molecule has 1 atom stereocenters. The summed E-state index contributed by atoms with van der Waals surface area (Å²) in [5.41, 5.74) is 3.55. The van der Waals surface area contributed by atoms with Crippen molar-refractivity contribution in [3.63, 3.8) is 0 Å². The van der Waals surface area contributed by atoms with Crippen LogP contribution in [0.2, 0.25) is 0 Å². The number of rotatable bonds is 2. The zero-order valence-corrected chi connectivity index (χ0v) is 14.2. The normalized spacial score (nSPS) is 12.8. The number of benzene rings is 1. The van der Waals surface area contributed by atoms with Gasteiger partial charge in [0.15, 0.2) is 0 Å². The summed E-state index contributed by atoms with van der Waals surface area (Å²) in [6.07, 6.45) is 1.72. The number of hydrogen-bond acceptors (Lipinski definition) is 1. The Kier molecular flexibility index (Phi) is 4.16. The van der Waals surface area contributed by atoms with E-state index in [0.29, 0.717) is 0 Å². The molecule has 0 radical (unpaired) electrons. The Morgan fingerprint density at radius 2 is 1.76 bits per heavy atom.